The van der Waals surface area contributed by atoms with E-state index in [1.165, 1.54) is 19.9 Å². The highest BCUT2D eigenvalue weighted by Gasteiger charge is 2.44. The smallest absolute Gasteiger partial charge is 0.309 e. The molecule has 16 heavy (non-hydrogen) atoms. The van der Waals surface area contributed by atoms with E-state index < -0.39 is 23.7 Å². The predicted octanol–water partition coefficient (Wildman–Crippen LogP) is 4.10. The number of halogens is 3. The zero-order valence-corrected chi connectivity index (χ0v) is 11.2. The summed E-state index contributed by atoms with van der Waals surface area (Å²) < 4.78 is 28.0. The number of alkyl halides is 2. The van der Waals surface area contributed by atoms with Gasteiger partial charge in [-0.1, -0.05) is 0 Å². The molecule has 90 valence electrons. The monoisotopic (exact) mass is 312 g/mol. The SMILES string of the molecule is CC(C)(CC(F)(F)c1sccc1Br)C(=O)O. The Morgan fingerprint density at radius 2 is 2.12 bits per heavy atom. The van der Waals surface area contributed by atoms with Gasteiger partial charge in [-0.25, -0.2) is 8.78 Å². The van der Waals surface area contributed by atoms with Gasteiger partial charge in [0.1, 0.15) is 0 Å². The lowest BCUT2D eigenvalue weighted by molar-refractivity contribution is -0.153. The first-order valence-electron chi connectivity index (χ1n) is 4.51. The summed E-state index contributed by atoms with van der Waals surface area (Å²) in [4.78, 5) is 10.7. The molecular formula is C10H11BrF2O2S. The normalized spacial score (nSPS) is 12.8. The molecular weight excluding hydrogens is 302 g/mol. The predicted molar refractivity (Wildman–Crippen MR) is 61.9 cm³/mol. The quantitative estimate of drug-likeness (QED) is 0.908. The van der Waals surface area contributed by atoms with Crippen molar-refractivity contribution in [2.75, 3.05) is 0 Å². The van der Waals surface area contributed by atoms with Crippen molar-refractivity contribution in [1.29, 1.82) is 0 Å². The molecule has 0 spiro atoms. The molecule has 0 saturated heterocycles. The summed E-state index contributed by atoms with van der Waals surface area (Å²) in [6, 6.07) is 1.53. The van der Waals surface area contributed by atoms with Gasteiger partial charge < -0.3 is 5.11 Å². The van der Waals surface area contributed by atoms with Gasteiger partial charge in [0.25, 0.3) is 5.92 Å². The van der Waals surface area contributed by atoms with Crippen LogP contribution in [0.4, 0.5) is 8.78 Å². The molecule has 1 rings (SSSR count). The number of carbonyl (C=O) groups is 1. The second-order valence-electron chi connectivity index (χ2n) is 4.17. The van der Waals surface area contributed by atoms with Gasteiger partial charge in [0.05, 0.1) is 10.3 Å². The Balaban J connectivity index is 2.96. The van der Waals surface area contributed by atoms with E-state index in [0.29, 0.717) is 4.47 Å². The summed E-state index contributed by atoms with van der Waals surface area (Å²) in [5, 5.41) is 10.4. The van der Waals surface area contributed by atoms with Crippen LogP contribution in [-0.4, -0.2) is 11.1 Å². The number of carboxylic acids is 1. The van der Waals surface area contributed by atoms with Crippen LogP contribution in [0.15, 0.2) is 15.9 Å². The standard InChI is InChI=1S/C10H11BrF2O2S/c1-9(2,8(14)15)5-10(12,13)7-6(11)3-4-16-7/h3-4H,5H2,1-2H3,(H,14,15). The van der Waals surface area contributed by atoms with Crippen LogP contribution < -0.4 is 0 Å². The fourth-order valence-electron chi connectivity index (χ4n) is 1.27. The summed E-state index contributed by atoms with van der Waals surface area (Å²) in [5.74, 6) is -4.35. The average molecular weight is 313 g/mol. The number of hydrogen-bond acceptors (Lipinski definition) is 2. The first-order chi connectivity index (χ1) is 7.17. The molecule has 0 atom stereocenters. The number of thiophene rings is 1. The van der Waals surface area contributed by atoms with Crippen LogP contribution in [0, 0.1) is 5.41 Å². The molecule has 1 aromatic rings. The van der Waals surface area contributed by atoms with Crippen molar-refractivity contribution in [2.45, 2.75) is 26.2 Å². The molecule has 0 aliphatic heterocycles. The second kappa shape index (κ2) is 4.41. The minimum absolute atomic E-state index is 0.123. The minimum Gasteiger partial charge on any atom is -0.481 e. The Kier molecular flexibility index (Phi) is 3.74. The van der Waals surface area contributed by atoms with Crippen molar-refractivity contribution in [3.8, 4) is 0 Å². The largest absolute Gasteiger partial charge is 0.481 e. The molecule has 0 unspecified atom stereocenters. The zero-order valence-electron chi connectivity index (χ0n) is 8.76. The maximum Gasteiger partial charge on any atom is 0.309 e. The van der Waals surface area contributed by atoms with Crippen LogP contribution >= 0.6 is 27.3 Å². The Bertz CT molecular complexity index is 401. The molecule has 0 amide bonds. The third-order valence-corrected chi connectivity index (χ3v) is 4.14. The summed E-state index contributed by atoms with van der Waals surface area (Å²) in [6.07, 6.45) is -0.714. The van der Waals surface area contributed by atoms with Gasteiger partial charge >= 0.3 is 5.97 Å². The third-order valence-electron chi connectivity index (χ3n) is 2.19. The summed E-state index contributed by atoms with van der Waals surface area (Å²) in [5.41, 5.74) is -1.45. The highest BCUT2D eigenvalue weighted by atomic mass is 79.9. The van der Waals surface area contributed by atoms with Gasteiger partial charge in [0.2, 0.25) is 0 Å². The van der Waals surface area contributed by atoms with Gasteiger partial charge in [0.15, 0.2) is 0 Å². The lowest BCUT2D eigenvalue weighted by atomic mass is 9.86. The first-order valence-corrected chi connectivity index (χ1v) is 6.19. The number of aliphatic carboxylic acids is 1. The molecule has 0 aliphatic rings. The molecule has 0 aromatic carbocycles. The first kappa shape index (κ1) is 13.6. The van der Waals surface area contributed by atoms with Crippen LogP contribution in [-0.2, 0) is 10.7 Å². The Hall–Kier alpha value is -0.490. The van der Waals surface area contributed by atoms with Crippen molar-refractivity contribution < 1.29 is 18.7 Å². The van der Waals surface area contributed by atoms with Gasteiger partial charge in [-0.15, -0.1) is 11.3 Å². The Morgan fingerprint density at radius 3 is 2.50 bits per heavy atom. The maximum absolute atomic E-state index is 13.8. The summed E-state index contributed by atoms with van der Waals surface area (Å²) >= 11 is 3.95. The van der Waals surface area contributed by atoms with Crippen LogP contribution in [0.5, 0.6) is 0 Å². The fraction of sp³-hybridized carbons (Fsp3) is 0.500. The second-order valence-corrected chi connectivity index (χ2v) is 5.94. The lowest BCUT2D eigenvalue weighted by Crippen LogP contribution is -2.31. The van der Waals surface area contributed by atoms with E-state index in [2.05, 4.69) is 15.9 Å². The van der Waals surface area contributed by atoms with Gasteiger partial charge in [0, 0.05) is 10.9 Å². The highest BCUT2D eigenvalue weighted by Crippen LogP contribution is 2.44. The van der Waals surface area contributed by atoms with E-state index in [0.717, 1.165) is 11.3 Å². The molecule has 0 aliphatic carbocycles. The number of rotatable bonds is 4. The van der Waals surface area contributed by atoms with Crippen LogP contribution in [0.2, 0.25) is 0 Å². The van der Waals surface area contributed by atoms with Crippen molar-refractivity contribution in [3.05, 3.63) is 20.8 Å². The molecule has 0 saturated carbocycles. The van der Waals surface area contributed by atoms with E-state index >= 15 is 0 Å². The molecule has 0 fully saturated rings. The van der Waals surface area contributed by atoms with Gasteiger partial charge in [-0.2, -0.15) is 0 Å². The molecule has 0 bridgehead atoms. The number of hydrogen-bond donors (Lipinski definition) is 1. The lowest BCUT2D eigenvalue weighted by Gasteiger charge is -2.25. The maximum atomic E-state index is 13.8. The molecule has 1 N–H and O–H groups in total. The van der Waals surface area contributed by atoms with E-state index in [-0.39, 0.29) is 4.88 Å². The molecule has 2 nitrogen and oxygen atoms in total. The van der Waals surface area contributed by atoms with Crippen molar-refractivity contribution in [1.82, 2.24) is 0 Å². The topological polar surface area (TPSA) is 37.3 Å². The number of carboxylic acid groups (broad SMARTS) is 1. The van der Waals surface area contributed by atoms with Gasteiger partial charge in [-0.05, 0) is 41.2 Å². The van der Waals surface area contributed by atoms with E-state index in [1.54, 1.807) is 5.38 Å². The molecule has 1 aromatic heterocycles. The van der Waals surface area contributed by atoms with Gasteiger partial charge in [-0.3, -0.25) is 4.79 Å². The third kappa shape index (κ3) is 2.79. The molecule has 6 heteroatoms. The van der Waals surface area contributed by atoms with Crippen molar-refractivity contribution in [2.24, 2.45) is 5.41 Å². The van der Waals surface area contributed by atoms with E-state index in [1.807, 2.05) is 0 Å². The van der Waals surface area contributed by atoms with E-state index in [9.17, 15) is 13.6 Å². The highest BCUT2D eigenvalue weighted by molar-refractivity contribution is 9.10. The van der Waals surface area contributed by atoms with Crippen LogP contribution in [0.1, 0.15) is 25.1 Å². The molecule has 0 radical (unpaired) electrons. The van der Waals surface area contributed by atoms with Crippen molar-refractivity contribution in [3.63, 3.8) is 0 Å². The Labute approximate surface area is 104 Å². The van der Waals surface area contributed by atoms with Crippen LogP contribution in [0.3, 0.4) is 0 Å². The van der Waals surface area contributed by atoms with Crippen molar-refractivity contribution >= 4 is 33.2 Å². The summed E-state index contributed by atoms with van der Waals surface area (Å²) in [6.45, 7) is 2.59. The fourth-order valence-corrected chi connectivity index (χ4v) is 2.91. The minimum atomic E-state index is -3.13. The molecule has 1 heterocycles. The zero-order chi connectivity index (χ0) is 12.6. The van der Waals surface area contributed by atoms with E-state index in [4.69, 9.17) is 5.11 Å². The van der Waals surface area contributed by atoms with Crippen LogP contribution in [0.25, 0.3) is 0 Å². The average Bonchev–Trinajstić information content (AvgIpc) is 2.49. The Morgan fingerprint density at radius 1 is 1.56 bits per heavy atom. The summed E-state index contributed by atoms with van der Waals surface area (Å²) in [7, 11) is 0.